The second-order valence-corrected chi connectivity index (χ2v) is 16.2. The van der Waals surface area contributed by atoms with E-state index in [0.717, 1.165) is 61.1 Å². The average molecular weight is 751 g/mol. The van der Waals surface area contributed by atoms with E-state index >= 15 is 0 Å². The summed E-state index contributed by atoms with van der Waals surface area (Å²) < 4.78 is 17.3. The van der Waals surface area contributed by atoms with Crippen molar-refractivity contribution in [1.82, 2.24) is 39.1 Å². The summed E-state index contributed by atoms with van der Waals surface area (Å²) in [6, 6.07) is 17.6. The fraction of sp³-hybridized carbons (Fsp3) is 0.439. The van der Waals surface area contributed by atoms with Gasteiger partial charge in [-0.05, 0) is 100 Å². The molecule has 1 aliphatic carbocycles. The third kappa shape index (κ3) is 7.68. The fourth-order valence-electron chi connectivity index (χ4n) is 8.46. The Bertz CT molecular complexity index is 2250. The lowest BCUT2D eigenvalue weighted by Crippen LogP contribution is -2.52. The van der Waals surface area contributed by atoms with Crippen LogP contribution in [0.25, 0.3) is 27.8 Å². The van der Waals surface area contributed by atoms with Gasteiger partial charge in [0.15, 0.2) is 5.65 Å². The first-order chi connectivity index (χ1) is 26.2. The number of halogens is 1. The number of pyridine rings is 1. The lowest BCUT2D eigenvalue weighted by molar-refractivity contribution is 0.0658. The van der Waals surface area contributed by atoms with Crippen molar-refractivity contribution in [2.24, 2.45) is 0 Å². The van der Waals surface area contributed by atoms with Crippen molar-refractivity contribution in [3.05, 3.63) is 109 Å². The highest BCUT2D eigenvalue weighted by Gasteiger charge is 2.29. The van der Waals surface area contributed by atoms with Gasteiger partial charge in [0.1, 0.15) is 11.5 Å². The quantitative estimate of drug-likeness (QED) is 0.230. The maximum absolute atomic E-state index is 14.6. The van der Waals surface area contributed by atoms with Gasteiger partial charge in [-0.25, -0.2) is 23.7 Å². The summed E-state index contributed by atoms with van der Waals surface area (Å²) in [4.78, 5) is 57.1. The van der Waals surface area contributed by atoms with Crippen LogP contribution in [0, 0.1) is 12.7 Å². The highest BCUT2D eigenvalue weighted by Crippen LogP contribution is 2.29. The number of carbonyl (C=O) groups excluding carboxylic acids is 1. The molecular weight excluding hydrogens is 704 g/mol. The SMILES string of the molecule is Cc1nc(C(=O)N[C@H]2CC[C@@H](n3c(=O)c4cc(F)cnc4n(-c4cccc(-c5ccc(CN6CCC(N7CCN(C)CC7)CC6)cc5)c4)c3=O)CC2)cs1. The highest BCUT2D eigenvalue weighted by atomic mass is 32.1. The number of thiazole rings is 1. The number of piperidine rings is 1. The minimum Gasteiger partial charge on any atom is -0.348 e. The van der Waals surface area contributed by atoms with Crippen molar-refractivity contribution in [2.75, 3.05) is 46.3 Å². The number of nitrogens with one attached hydrogen (secondary N) is 1. The number of likely N-dealkylation sites (tertiary alicyclic amines) is 1. The number of aryl methyl sites for hydroxylation is 1. The molecule has 0 spiro atoms. The molecule has 282 valence electrons. The minimum atomic E-state index is -0.645. The molecule has 0 atom stereocenters. The van der Waals surface area contributed by atoms with Gasteiger partial charge >= 0.3 is 5.69 Å². The van der Waals surface area contributed by atoms with Gasteiger partial charge in [0.05, 0.1) is 22.3 Å². The first kappa shape index (κ1) is 36.4. The van der Waals surface area contributed by atoms with E-state index < -0.39 is 23.1 Å². The van der Waals surface area contributed by atoms with Crippen LogP contribution in [0.2, 0.25) is 0 Å². The van der Waals surface area contributed by atoms with Gasteiger partial charge in [-0.1, -0.05) is 36.4 Å². The summed E-state index contributed by atoms with van der Waals surface area (Å²) in [5.41, 5.74) is 3.17. The van der Waals surface area contributed by atoms with Gasteiger partial charge < -0.3 is 10.2 Å². The largest absolute Gasteiger partial charge is 0.348 e. The average Bonchev–Trinajstić information content (AvgIpc) is 3.63. The summed E-state index contributed by atoms with van der Waals surface area (Å²) in [6.45, 7) is 9.65. The monoisotopic (exact) mass is 750 g/mol. The van der Waals surface area contributed by atoms with Crippen molar-refractivity contribution < 1.29 is 9.18 Å². The van der Waals surface area contributed by atoms with Crippen LogP contribution < -0.4 is 16.6 Å². The van der Waals surface area contributed by atoms with E-state index in [-0.39, 0.29) is 23.0 Å². The smallest absolute Gasteiger partial charge is 0.337 e. The first-order valence-electron chi connectivity index (χ1n) is 19.1. The maximum Gasteiger partial charge on any atom is 0.337 e. The number of carbonyl (C=O) groups is 1. The van der Waals surface area contributed by atoms with Crippen LogP contribution in [0.5, 0.6) is 0 Å². The summed E-state index contributed by atoms with van der Waals surface area (Å²) in [6.07, 6.45) is 5.65. The predicted molar refractivity (Wildman–Crippen MR) is 210 cm³/mol. The zero-order chi connectivity index (χ0) is 37.3. The Labute approximate surface area is 318 Å². The number of nitrogens with zero attached hydrogens (tertiary/aromatic N) is 7. The molecule has 3 aliphatic rings. The normalized spacial score (nSPS) is 20.7. The van der Waals surface area contributed by atoms with Crippen LogP contribution in [0.1, 0.15) is 65.6 Å². The third-order valence-electron chi connectivity index (χ3n) is 11.5. The molecule has 2 aromatic carbocycles. The van der Waals surface area contributed by atoms with Crippen LogP contribution in [-0.4, -0.2) is 98.1 Å². The third-order valence-corrected chi connectivity index (χ3v) is 12.3. The van der Waals surface area contributed by atoms with E-state index in [4.69, 9.17) is 0 Å². The number of likely N-dealkylation sites (N-methyl/N-ethyl adjacent to an activating group) is 1. The second kappa shape index (κ2) is 15.7. The molecular formula is C41H47FN8O3S. The van der Waals surface area contributed by atoms with E-state index in [1.54, 1.807) is 5.38 Å². The molecule has 3 aromatic heterocycles. The van der Waals surface area contributed by atoms with Crippen molar-refractivity contribution in [3.63, 3.8) is 0 Å². The Morgan fingerprint density at radius 3 is 2.33 bits per heavy atom. The molecule has 54 heavy (non-hydrogen) atoms. The van der Waals surface area contributed by atoms with E-state index in [2.05, 4.69) is 61.3 Å². The number of aromatic nitrogens is 4. The number of piperazine rings is 1. The standard InChI is InChI=1S/C41H47FN8O3S/c1-27-44-37(26-54-27)39(51)45-32-10-12-34(13-11-32)50-40(52)36-23-31(42)24-43-38(36)49(41(50)53)35-5-3-4-30(22-35)29-8-6-28(7-9-29)25-47-16-14-33(15-17-47)48-20-18-46(2)19-21-48/h3-9,22-24,26,32-34H,10-21,25H2,1-2H3,(H,45,51)/t32-,34+. The second-order valence-electron chi connectivity index (χ2n) is 15.1. The van der Waals surface area contributed by atoms with Gasteiger partial charge in [0.2, 0.25) is 0 Å². The maximum atomic E-state index is 14.6. The lowest BCUT2D eigenvalue weighted by atomic mass is 9.90. The predicted octanol–water partition coefficient (Wildman–Crippen LogP) is 5.24. The number of hydrogen-bond donors (Lipinski definition) is 1. The Morgan fingerprint density at radius 1 is 0.889 bits per heavy atom. The topological polar surface area (TPSA) is 109 Å². The number of fused-ring (bicyclic) bond motifs is 1. The molecule has 3 fully saturated rings. The molecule has 1 amide bonds. The Kier molecular flexibility index (Phi) is 10.6. The number of benzene rings is 2. The van der Waals surface area contributed by atoms with Gasteiger partial charge in [-0.2, -0.15) is 0 Å². The van der Waals surface area contributed by atoms with E-state index in [1.807, 2.05) is 31.2 Å². The number of rotatable bonds is 8. The summed E-state index contributed by atoms with van der Waals surface area (Å²) in [7, 11) is 2.21. The van der Waals surface area contributed by atoms with Crippen LogP contribution in [0.15, 0.2) is 75.8 Å². The summed E-state index contributed by atoms with van der Waals surface area (Å²) >= 11 is 1.42. The fourth-order valence-corrected chi connectivity index (χ4v) is 9.05. The van der Waals surface area contributed by atoms with Crippen LogP contribution in [-0.2, 0) is 6.54 Å². The Hall–Kier alpha value is -4.56. The van der Waals surface area contributed by atoms with E-state index in [9.17, 15) is 18.8 Å². The molecule has 2 saturated heterocycles. The van der Waals surface area contributed by atoms with Crippen molar-refractivity contribution in [3.8, 4) is 16.8 Å². The highest BCUT2D eigenvalue weighted by molar-refractivity contribution is 7.09. The first-order valence-corrected chi connectivity index (χ1v) is 20.0. The van der Waals surface area contributed by atoms with Crippen molar-refractivity contribution >= 4 is 28.3 Å². The zero-order valence-corrected chi connectivity index (χ0v) is 31.7. The number of amides is 1. The molecule has 8 rings (SSSR count). The molecule has 1 saturated carbocycles. The number of hydrogen-bond acceptors (Lipinski definition) is 9. The van der Waals surface area contributed by atoms with Gasteiger partial charge in [0, 0.05) is 56.2 Å². The van der Waals surface area contributed by atoms with Crippen LogP contribution >= 0.6 is 11.3 Å². The van der Waals surface area contributed by atoms with Gasteiger partial charge in [-0.15, -0.1) is 11.3 Å². The minimum absolute atomic E-state index is 0.0475. The van der Waals surface area contributed by atoms with E-state index in [1.165, 1.54) is 52.0 Å². The Morgan fingerprint density at radius 2 is 1.63 bits per heavy atom. The summed E-state index contributed by atoms with van der Waals surface area (Å²) in [5.74, 6) is -0.866. The lowest BCUT2D eigenvalue weighted by Gasteiger charge is -2.42. The molecule has 0 bridgehead atoms. The molecule has 1 N–H and O–H groups in total. The molecule has 11 nitrogen and oxygen atoms in total. The van der Waals surface area contributed by atoms with Crippen LogP contribution in [0.4, 0.5) is 4.39 Å². The summed E-state index contributed by atoms with van der Waals surface area (Å²) in [5, 5.41) is 5.66. The molecule has 5 aromatic rings. The molecule has 0 radical (unpaired) electrons. The van der Waals surface area contributed by atoms with Gasteiger partial charge in [0.25, 0.3) is 11.5 Å². The molecule has 5 heterocycles. The van der Waals surface area contributed by atoms with Crippen molar-refractivity contribution in [1.29, 1.82) is 0 Å². The molecule has 13 heteroatoms. The van der Waals surface area contributed by atoms with E-state index in [0.29, 0.717) is 43.1 Å². The molecule has 0 unspecified atom stereocenters. The molecule has 2 aliphatic heterocycles. The van der Waals surface area contributed by atoms with Gasteiger partial charge in [-0.3, -0.25) is 24.0 Å². The van der Waals surface area contributed by atoms with Crippen LogP contribution in [0.3, 0.4) is 0 Å². The Balaban J connectivity index is 0.992. The zero-order valence-electron chi connectivity index (χ0n) is 30.9. The van der Waals surface area contributed by atoms with Crippen molar-refractivity contribution in [2.45, 2.75) is 70.1 Å².